The first-order valence-corrected chi connectivity index (χ1v) is 10.4. The number of pyridine rings is 1. The van der Waals surface area contributed by atoms with E-state index in [1.165, 1.54) is 30.9 Å². The fourth-order valence-corrected chi connectivity index (χ4v) is 4.17. The van der Waals surface area contributed by atoms with Gasteiger partial charge >= 0.3 is 5.69 Å². The first kappa shape index (κ1) is 21.2. The second kappa shape index (κ2) is 8.90. The van der Waals surface area contributed by atoms with E-state index in [2.05, 4.69) is 15.2 Å². The number of hydrogen-bond donors (Lipinski definition) is 1. The predicted octanol–water partition coefficient (Wildman–Crippen LogP) is 0.784. The standard InChI is InChI=1S/C21H31N5O3/c1-14-16(8-9-17(27)22-10-13-26-11-6-5-7-12-26)15(2)23-19-18(14)20(28)25(4)21(29)24(19)3/h5-13H2,1-4H3,(H,22,27). The number of carbonyl (C=O) groups is 1. The maximum Gasteiger partial charge on any atom is 0.332 e. The number of nitrogens with one attached hydrogen (secondary N) is 1. The van der Waals surface area contributed by atoms with Gasteiger partial charge in [0.05, 0.1) is 5.39 Å². The molecule has 2 aromatic heterocycles. The first-order chi connectivity index (χ1) is 13.8. The number of rotatable bonds is 6. The van der Waals surface area contributed by atoms with Crippen molar-refractivity contribution < 1.29 is 4.79 Å². The summed E-state index contributed by atoms with van der Waals surface area (Å²) in [4.78, 5) is 44.0. The van der Waals surface area contributed by atoms with E-state index >= 15 is 0 Å². The van der Waals surface area contributed by atoms with E-state index in [0.717, 1.165) is 41.0 Å². The van der Waals surface area contributed by atoms with Gasteiger partial charge in [0.2, 0.25) is 5.91 Å². The highest BCUT2D eigenvalue weighted by Gasteiger charge is 2.17. The van der Waals surface area contributed by atoms with Gasteiger partial charge in [-0.3, -0.25) is 18.7 Å². The third kappa shape index (κ3) is 4.42. The van der Waals surface area contributed by atoms with Crippen LogP contribution in [0.3, 0.4) is 0 Å². The second-order valence-electron chi connectivity index (χ2n) is 7.96. The van der Waals surface area contributed by atoms with Gasteiger partial charge in [-0.05, 0) is 57.3 Å². The molecule has 1 amide bonds. The van der Waals surface area contributed by atoms with Gasteiger partial charge in [-0.1, -0.05) is 6.42 Å². The Balaban J connectivity index is 1.70. The largest absolute Gasteiger partial charge is 0.355 e. The molecular formula is C21H31N5O3. The van der Waals surface area contributed by atoms with Gasteiger partial charge in [0.25, 0.3) is 5.56 Å². The van der Waals surface area contributed by atoms with Crippen molar-refractivity contribution in [2.24, 2.45) is 14.1 Å². The van der Waals surface area contributed by atoms with Gasteiger partial charge < -0.3 is 10.2 Å². The van der Waals surface area contributed by atoms with E-state index < -0.39 is 5.69 Å². The summed E-state index contributed by atoms with van der Waals surface area (Å²) in [5.41, 5.74) is 2.10. The topological polar surface area (TPSA) is 89.2 Å². The number of carbonyl (C=O) groups excluding carboxylic acids is 1. The molecule has 0 spiro atoms. The Morgan fingerprint density at radius 3 is 2.45 bits per heavy atom. The number of nitrogens with zero attached hydrogens (tertiary/aromatic N) is 4. The van der Waals surface area contributed by atoms with E-state index in [1.54, 1.807) is 7.05 Å². The van der Waals surface area contributed by atoms with E-state index in [-0.39, 0.29) is 11.5 Å². The minimum atomic E-state index is -0.394. The van der Waals surface area contributed by atoms with Crippen LogP contribution in [0.5, 0.6) is 0 Å². The normalized spacial score (nSPS) is 15.0. The van der Waals surface area contributed by atoms with Crippen LogP contribution < -0.4 is 16.6 Å². The Hall–Kier alpha value is -2.48. The molecule has 1 fully saturated rings. The summed E-state index contributed by atoms with van der Waals surface area (Å²) in [6.07, 6.45) is 4.65. The summed E-state index contributed by atoms with van der Waals surface area (Å²) in [7, 11) is 3.09. The van der Waals surface area contributed by atoms with Crippen LogP contribution >= 0.6 is 0 Å². The number of amides is 1. The van der Waals surface area contributed by atoms with Crippen molar-refractivity contribution in [3.8, 4) is 0 Å². The monoisotopic (exact) mass is 401 g/mol. The highest BCUT2D eigenvalue weighted by Crippen LogP contribution is 2.20. The number of aryl methyl sites for hydroxylation is 3. The molecule has 8 heteroatoms. The minimum absolute atomic E-state index is 0.00858. The van der Waals surface area contributed by atoms with E-state index in [4.69, 9.17) is 0 Å². The van der Waals surface area contributed by atoms with E-state index in [9.17, 15) is 14.4 Å². The van der Waals surface area contributed by atoms with E-state index in [0.29, 0.717) is 30.4 Å². The Morgan fingerprint density at radius 1 is 1.07 bits per heavy atom. The number of likely N-dealkylation sites (tertiary alicyclic amines) is 1. The van der Waals surface area contributed by atoms with Crippen molar-refractivity contribution in [2.75, 3.05) is 26.2 Å². The van der Waals surface area contributed by atoms with E-state index in [1.807, 2.05) is 13.8 Å². The number of hydrogen-bond acceptors (Lipinski definition) is 5. The Kier molecular flexibility index (Phi) is 6.52. The summed E-state index contributed by atoms with van der Waals surface area (Å²) in [5.74, 6) is 0.00858. The fourth-order valence-electron chi connectivity index (χ4n) is 4.17. The summed E-state index contributed by atoms with van der Waals surface area (Å²) in [6.45, 7) is 7.52. The predicted molar refractivity (Wildman–Crippen MR) is 113 cm³/mol. The zero-order chi connectivity index (χ0) is 21.1. The van der Waals surface area contributed by atoms with Gasteiger partial charge in [-0.2, -0.15) is 0 Å². The smallest absolute Gasteiger partial charge is 0.332 e. The highest BCUT2D eigenvalue weighted by molar-refractivity contribution is 5.80. The molecule has 158 valence electrons. The molecular weight excluding hydrogens is 370 g/mol. The van der Waals surface area contributed by atoms with Gasteiger partial charge in [-0.15, -0.1) is 0 Å². The van der Waals surface area contributed by atoms with Crippen molar-refractivity contribution >= 4 is 16.9 Å². The highest BCUT2D eigenvalue weighted by atomic mass is 16.2. The van der Waals surface area contributed by atoms with Crippen molar-refractivity contribution in [1.29, 1.82) is 0 Å². The molecule has 8 nitrogen and oxygen atoms in total. The third-order valence-electron chi connectivity index (χ3n) is 5.97. The van der Waals surface area contributed by atoms with Crippen LogP contribution in [0, 0.1) is 13.8 Å². The number of aromatic nitrogens is 3. The van der Waals surface area contributed by atoms with Crippen LogP contribution in [-0.4, -0.2) is 51.1 Å². The molecule has 1 aliphatic heterocycles. The lowest BCUT2D eigenvalue weighted by atomic mass is 10.00. The van der Waals surface area contributed by atoms with Gasteiger partial charge in [0, 0.05) is 39.3 Å². The van der Waals surface area contributed by atoms with Crippen molar-refractivity contribution in [3.05, 3.63) is 37.7 Å². The van der Waals surface area contributed by atoms with Crippen LogP contribution in [0.4, 0.5) is 0 Å². The lowest BCUT2D eigenvalue weighted by Crippen LogP contribution is -2.38. The Labute approximate surface area is 170 Å². The third-order valence-corrected chi connectivity index (χ3v) is 5.97. The fraction of sp³-hybridized carbons (Fsp3) is 0.619. The summed E-state index contributed by atoms with van der Waals surface area (Å²) < 4.78 is 2.50. The maximum absolute atomic E-state index is 12.6. The van der Waals surface area contributed by atoms with Gasteiger partial charge in [0.1, 0.15) is 5.65 Å². The molecule has 0 radical (unpaired) electrons. The van der Waals surface area contributed by atoms with Crippen LogP contribution in [-0.2, 0) is 25.3 Å². The van der Waals surface area contributed by atoms with Crippen LogP contribution in [0.15, 0.2) is 9.59 Å². The molecule has 1 aliphatic rings. The molecule has 0 unspecified atom stereocenters. The number of piperidine rings is 1. The molecule has 3 rings (SSSR count). The average molecular weight is 402 g/mol. The average Bonchev–Trinajstić information content (AvgIpc) is 2.71. The molecule has 0 aliphatic carbocycles. The molecule has 1 saturated heterocycles. The van der Waals surface area contributed by atoms with Crippen LogP contribution in [0.25, 0.3) is 11.0 Å². The second-order valence-corrected chi connectivity index (χ2v) is 7.96. The molecule has 2 aromatic rings. The minimum Gasteiger partial charge on any atom is -0.355 e. The molecule has 29 heavy (non-hydrogen) atoms. The molecule has 0 saturated carbocycles. The van der Waals surface area contributed by atoms with Gasteiger partial charge in [0.15, 0.2) is 0 Å². The first-order valence-electron chi connectivity index (χ1n) is 10.4. The van der Waals surface area contributed by atoms with Gasteiger partial charge in [-0.25, -0.2) is 9.78 Å². The SMILES string of the molecule is Cc1nc2c(c(C)c1CCC(=O)NCCN1CCCCC1)c(=O)n(C)c(=O)n2C. The number of fused-ring (bicyclic) bond motifs is 1. The Bertz CT molecular complexity index is 1030. The zero-order valence-corrected chi connectivity index (χ0v) is 17.9. The molecule has 1 N–H and O–H groups in total. The maximum atomic E-state index is 12.6. The molecule has 0 aromatic carbocycles. The summed E-state index contributed by atoms with van der Waals surface area (Å²) >= 11 is 0. The lowest BCUT2D eigenvalue weighted by molar-refractivity contribution is -0.121. The molecule has 3 heterocycles. The lowest BCUT2D eigenvalue weighted by Gasteiger charge is -2.26. The van der Waals surface area contributed by atoms with Crippen LogP contribution in [0.2, 0.25) is 0 Å². The van der Waals surface area contributed by atoms with Crippen molar-refractivity contribution in [3.63, 3.8) is 0 Å². The van der Waals surface area contributed by atoms with Crippen LogP contribution in [0.1, 0.15) is 42.5 Å². The van der Waals surface area contributed by atoms with Crippen molar-refractivity contribution in [2.45, 2.75) is 46.0 Å². The van der Waals surface area contributed by atoms with Crippen molar-refractivity contribution in [1.82, 2.24) is 24.3 Å². The molecule has 0 bridgehead atoms. The summed E-state index contributed by atoms with van der Waals surface area (Å²) in [5, 5.41) is 3.45. The quantitative estimate of drug-likeness (QED) is 0.773. The Morgan fingerprint density at radius 2 is 1.76 bits per heavy atom. The molecule has 0 atom stereocenters. The summed E-state index contributed by atoms with van der Waals surface area (Å²) in [6, 6.07) is 0. The zero-order valence-electron chi connectivity index (χ0n) is 17.9.